The van der Waals surface area contributed by atoms with Crippen molar-refractivity contribution < 1.29 is 31.1 Å². The maximum absolute atomic E-state index is 12.6. The zero-order valence-corrected chi connectivity index (χ0v) is 14.0. The molecule has 1 heterocycles. The number of ether oxygens (including phenoxy) is 1. The summed E-state index contributed by atoms with van der Waals surface area (Å²) in [5, 5.41) is 0. The summed E-state index contributed by atoms with van der Waals surface area (Å²) in [5.41, 5.74) is 0. The van der Waals surface area contributed by atoms with Crippen molar-refractivity contribution in [2.75, 3.05) is 26.2 Å². The third-order valence-corrected chi connectivity index (χ3v) is 6.08. The first kappa shape index (κ1) is 18.0. The zero-order chi connectivity index (χ0) is 18.2. The van der Waals surface area contributed by atoms with E-state index in [0.717, 1.165) is 37.1 Å². The fraction of sp³-hybridized carbons (Fsp3) is 0.533. The third-order valence-electron chi connectivity index (χ3n) is 4.17. The number of hydrogen-bond acceptors (Lipinski definition) is 4. The van der Waals surface area contributed by atoms with E-state index in [1.807, 2.05) is 0 Å². The molecule has 0 atom stereocenters. The van der Waals surface area contributed by atoms with Gasteiger partial charge in [0.05, 0.1) is 4.90 Å². The lowest BCUT2D eigenvalue weighted by Crippen LogP contribution is -2.50. The van der Waals surface area contributed by atoms with Gasteiger partial charge in [-0.15, -0.1) is 13.2 Å². The first-order valence-electron chi connectivity index (χ1n) is 7.81. The van der Waals surface area contributed by atoms with E-state index < -0.39 is 22.1 Å². The Hall–Kier alpha value is -1.81. The smallest absolute Gasteiger partial charge is 0.406 e. The number of halogens is 3. The first-order chi connectivity index (χ1) is 11.7. The highest BCUT2D eigenvalue weighted by Gasteiger charge is 2.37. The minimum atomic E-state index is -4.83. The Morgan fingerprint density at radius 1 is 1.04 bits per heavy atom. The monoisotopic (exact) mass is 378 g/mol. The number of sulfonamides is 1. The predicted molar refractivity (Wildman–Crippen MR) is 81.2 cm³/mol. The number of piperazine rings is 1. The van der Waals surface area contributed by atoms with E-state index in [2.05, 4.69) is 4.74 Å². The van der Waals surface area contributed by atoms with Gasteiger partial charge < -0.3 is 9.64 Å². The molecule has 2 fully saturated rings. The Labute approximate surface area is 143 Å². The molecule has 3 rings (SSSR count). The van der Waals surface area contributed by atoms with Crippen LogP contribution >= 0.6 is 0 Å². The second-order valence-corrected chi connectivity index (χ2v) is 7.96. The van der Waals surface area contributed by atoms with Crippen LogP contribution in [-0.4, -0.2) is 56.1 Å². The third kappa shape index (κ3) is 4.24. The second kappa shape index (κ2) is 6.49. The summed E-state index contributed by atoms with van der Waals surface area (Å²) in [6, 6.07) is 4.09. The molecule has 6 nitrogen and oxygen atoms in total. The minimum Gasteiger partial charge on any atom is -0.406 e. The number of benzene rings is 1. The predicted octanol–water partition coefficient (Wildman–Crippen LogP) is 1.83. The van der Waals surface area contributed by atoms with E-state index in [4.69, 9.17) is 0 Å². The summed E-state index contributed by atoms with van der Waals surface area (Å²) in [5.74, 6) is -0.318. The fourth-order valence-corrected chi connectivity index (χ4v) is 4.12. The van der Waals surface area contributed by atoms with Gasteiger partial charge >= 0.3 is 6.36 Å². The molecular formula is C15H17F3N2O4S. The highest BCUT2D eigenvalue weighted by atomic mass is 32.2. The highest BCUT2D eigenvalue weighted by Crippen LogP contribution is 2.31. The Balaban J connectivity index is 1.64. The average molecular weight is 378 g/mol. The number of carbonyl (C=O) groups excluding carboxylic acids is 1. The molecule has 0 spiro atoms. The number of rotatable bonds is 4. The van der Waals surface area contributed by atoms with E-state index in [1.54, 1.807) is 4.90 Å². The topological polar surface area (TPSA) is 66.9 Å². The molecule has 0 radical (unpaired) electrons. The molecule has 1 aromatic carbocycles. The molecule has 1 amide bonds. The van der Waals surface area contributed by atoms with Crippen LogP contribution in [0.1, 0.15) is 12.8 Å². The molecule has 1 aliphatic heterocycles. The van der Waals surface area contributed by atoms with Crippen LogP contribution in [0.5, 0.6) is 5.75 Å². The average Bonchev–Trinajstić information content (AvgIpc) is 3.38. The maximum Gasteiger partial charge on any atom is 0.573 e. The van der Waals surface area contributed by atoms with Gasteiger partial charge in [-0.25, -0.2) is 8.42 Å². The van der Waals surface area contributed by atoms with Crippen molar-refractivity contribution in [3.8, 4) is 5.75 Å². The van der Waals surface area contributed by atoms with Gasteiger partial charge in [0, 0.05) is 32.1 Å². The molecule has 1 saturated heterocycles. The minimum absolute atomic E-state index is 0.0747. The molecule has 1 aromatic rings. The molecule has 0 aromatic heterocycles. The number of alkyl halides is 3. The van der Waals surface area contributed by atoms with Crippen molar-refractivity contribution in [3.05, 3.63) is 24.3 Å². The van der Waals surface area contributed by atoms with Crippen LogP contribution in [-0.2, 0) is 14.8 Å². The van der Waals surface area contributed by atoms with Crippen LogP contribution in [0, 0.1) is 5.92 Å². The van der Waals surface area contributed by atoms with Crippen LogP contribution in [0.4, 0.5) is 13.2 Å². The summed E-state index contributed by atoms with van der Waals surface area (Å²) in [7, 11) is -3.82. The molecule has 1 saturated carbocycles. The molecule has 0 bridgehead atoms. The maximum atomic E-state index is 12.6. The van der Waals surface area contributed by atoms with Crippen molar-refractivity contribution >= 4 is 15.9 Å². The van der Waals surface area contributed by atoms with Crippen molar-refractivity contribution in [3.63, 3.8) is 0 Å². The van der Waals surface area contributed by atoms with Gasteiger partial charge in [-0.2, -0.15) is 4.31 Å². The van der Waals surface area contributed by atoms with E-state index in [0.29, 0.717) is 13.1 Å². The van der Waals surface area contributed by atoms with Gasteiger partial charge in [-0.05, 0) is 37.1 Å². The van der Waals surface area contributed by atoms with Crippen LogP contribution < -0.4 is 4.74 Å². The first-order valence-corrected chi connectivity index (χ1v) is 9.25. The lowest BCUT2D eigenvalue weighted by atomic mass is 10.3. The molecule has 0 N–H and O–H groups in total. The summed E-state index contributed by atoms with van der Waals surface area (Å²) in [6.07, 6.45) is -3.04. The molecule has 25 heavy (non-hydrogen) atoms. The lowest BCUT2D eigenvalue weighted by Gasteiger charge is -2.34. The summed E-state index contributed by atoms with van der Waals surface area (Å²) >= 11 is 0. The Bertz CT molecular complexity index is 737. The lowest BCUT2D eigenvalue weighted by molar-refractivity contribution is -0.274. The van der Waals surface area contributed by atoms with E-state index in [-0.39, 0.29) is 29.8 Å². The molecule has 0 unspecified atom stereocenters. The van der Waals surface area contributed by atoms with Crippen molar-refractivity contribution in [1.29, 1.82) is 0 Å². The second-order valence-electron chi connectivity index (χ2n) is 6.02. The standard InChI is InChI=1S/C15H17F3N2O4S/c16-15(17,18)24-12-3-5-13(6-4-12)25(22,23)20-9-7-19(8-10-20)14(21)11-1-2-11/h3-6,11H,1-2,7-10H2. The van der Waals surface area contributed by atoms with Crippen LogP contribution in [0.3, 0.4) is 0 Å². The molecule has 138 valence electrons. The van der Waals surface area contributed by atoms with Gasteiger partial charge in [-0.3, -0.25) is 4.79 Å². The van der Waals surface area contributed by atoms with Gasteiger partial charge in [0.1, 0.15) is 5.75 Å². The highest BCUT2D eigenvalue weighted by molar-refractivity contribution is 7.89. The normalized spacial score (nSPS) is 19.7. The van der Waals surface area contributed by atoms with Crippen LogP contribution in [0.25, 0.3) is 0 Å². The summed E-state index contributed by atoms with van der Waals surface area (Å²) < 4.78 is 66.5. The van der Waals surface area contributed by atoms with Crippen molar-refractivity contribution in [1.82, 2.24) is 9.21 Å². The van der Waals surface area contributed by atoms with Gasteiger partial charge in [0.15, 0.2) is 0 Å². The Kier molecular flexibility index (Phi) is 4.67. The summed E-state index contributed by atoms with van der Waals surface area (Å²) in [6.45, 7) is 0.983. The largest absolute Gasteiger partial charge is 0.573 e. The number of nitrogens with zero attached hydrogens (tertiary/aromatic N) is 2. The SMILES string of the molecule is O=C(C1CC1)N1CCN(S(=O)(=O)c2ccc(OC(F)(F)F)cc2)CC1. The Morgan fingerprint density at radius 3 is 2.08 bits per heavy atom. The molecule has 1 aliphatic carbocycles. The van der Waals surface area contributed by atoms with Crippen LogP contribution in [0.15, 0.2) is 29.2 Å². The Morgan fingerprint density at radius 2 is 1.60 bits per heavy atom. The zero-order valence-electron chi connectivity index (χ0n) is 13.2. The van der Waals surface area contributed by atoms with Gasteiger partial charge in [0.2, 0.25) is 15.9 Å². The van der Waals surface area contributed by atoms with E-state index >= 15 is 0 Å². The summed E-state index contributed by atoms with van der Waals surface area (Å²) in [4.78, 5) is 13.6. The van der Waals surface area contributed by atoms with Crippen LogP contribution in [0.2, 0.25) is 0 Å². The van der Waals surface area contributed by atoms with Crippen molar-refractivity contribution in [2.24, 2.45) is 5.92 Å². The van der Waals surface area contributed by atoms with Gasteiger partial charge in [0.25, 0.3) is 0 Å². The van der Waals surface area contributed by atoms with E-state index in [9.17, 15) is 26.4 Å². The van der Waals surface area contributed by atoms with E-state index in [1.165, 1.54) is 4.31 Å². The molecule has 10 heteroatoms. The van der Waals surface area contributed by atoms with Gasteiger partial charge in [-0.1, -0.05) is 0 Å². The number of amides is 1. The molecule has 2 aliphatic rings. The quantitative estimate of drug-likeness (QED) is 0.802. The fourth-order valence-electron chi connectivity index (χ4n) is 2.70. The molecular weight excluding hydrogens is 361 g/mol. The number of hydrogen-bond donors (Lipinski definition) is 0. The number of carbonyl (C=O) groups is 1. The van der Waals surface area contributed by atoms with Crippen molar-refractivity contribution in [2.45, 2.75) is 24.1 Å².